The molecule has 1 aliphatic rings. The summed E-state index contributed by atoms with van der Waals surface area (Å²) in [7, 11) is 1.78. The van der Waals surface area contributed by atoms with Crippen LogP contribution in [-0.4, -0.2) is 26.3 Å². The maximum Gasteiger partial charge on any atom is 0.0718 e. The van der Waals surface area contributed by atoms with Gasteiger partial charge in [0.15, 0.2) is 0 Å². The Morgan fingerprint density at radius 3 is 2.55 bits per heavy atom. The van der Waals surface area contributed by atoms with Gasteiger partial charge in [0.25, 0.3) is 0 Å². The molecule has 3 nitrogen and oxygen atoms in total. The zero-order valence-corrected chi connectivity index (χ0v) is 15.1. The lowest BCUT2D eigenvalue weighted by Crippen LogP contribution is -2.41. The number of aryl methyl sites for hydroxylation is 1. The van der Waals surface area contributed by atoms with Gasteiger partial charge < -0.3 is 15.4 Å². The number of ether oxygens (including phenoxy) is 1. The van der Waals surface area contributed by atoms with E-state index in [1.54, 1.807) is 7.11 Å². The van der Waals surface area contributed by atoms with Crippen LogP contribution in [0.25, 0.3) is 0 Å². The number of fused-ring (bicyclic) bond motifs is 1. The van der Waals surface area contributed by atoms with E-state index in [4.69, 9.17) is 10.5 Å². The summed E-state index contributed by atoms with van der Waals surface area (Å²) in [5.74, 6) is 0. The highest BCUT2D eigenvalue weighted by atomic mass is 16.5. The third kappa shape index (κ3) is 3.31. The first-order valence-corrected chi connectivity index (χ1v) is 8.50. The van der Waals surface area contributed by atoms with Crippen LogP contribution in [0.3, 0.4) is 0 Å². The number of nitrogens with two attached hydrogens (primary N) is 1. The van der Waals surface area contributed by atoms with Gasteiger partial charge in [-0.25, -0.2) is 0 Å². The van der Waals surface area contributed by atoms with Gasteiger partial charge in [0.1, 0.15) is 0 Å². The minimum Gasteiger partial charge on any atom is -0.380 e. The fraction of sp³-hybridized carbons (Fsp3) is 0.684. The van der Waals surface area contributed by atoms with Gasteiger partial charge >= 0.3 is 0 Å². The summed E-state index contributed by atoms with van der Waals surface area (Å²) in [4.78, 5) is 2.47. The molecule has 0 fully saturated rings. The van der Waals surface area contributed by atoms with Gasteiger partial charge in [-0.3, -0.25) is 0 Å². The predicted octanol–water partition coefficient (Wildman–Crippen LogP) is 3.79. The maximum absolute atomic E-state index is 6.22. The highest BCUT2D eigenvalue weighted by molar-refractivity contribution is 5.62. The molecule has 2 rings (SSSR count). The molecule has 2 N–H and O–H groups in total. The molecule has 1 heterocycles. The summed E-state index contributed by atoms with van der Waals surface area (Å²) in [6, 6.07) is 4.81. The van der Waals surface area contributed by atoms with Crippen molar-refractivity contribution in [2.24, 2.45) is 5.73 Å². The second-order valence-electron chi connectivity index (χ2n) is 7.34. The highest BCUT2D eigenvalue weighted by Crippen LogP contribution is 2.42. The van der Waals surface area contributed by atoms with Crippen molar-refractivity contribution in [2.45, 2.75) is 65.0 Å². The topological polar surface area (TPSA) is 38.5 Å². The van der Waals surface area contributed by atoms with Gasteiger partial charge in [0.2, 0.25) is 0 Å². The molecule has 0 radical (unpaired) electrons. The Morgan fingerprint density at radius 1 is 1.32 bits per heavy atom. The van der Waals surface area contributed by atoms with E-state index in [1.807, 2.05) is 0 Å². The fourth-order valence-electron chi connectivity index (χ4n) is 3.43. The van der Waals surface area contributed by atoms with Crippen molar-refractivity contribution in [3.05, 3.63) is 28.8 Å². The van der Waals surface area contributed by atoms with Crippen LogP contribution in [0.5, 0.6) is 0 Å². The molecule has 2 unspecified atom stereocenters. The van der Waals surface area contributed by atoms with E-state index in [9.17, 15) is 0 Å². The van der Waals surface area contributed by atoms with Gasteiger partial charge in [-0.15, -0.1) is 0 Å². The Bertz CT molecular complexity index is 522. The SMILES string of the molecule is CCc1cc2c(cc1C(C)N)N(CC(C)OC)CCC2(C)C. The molecule has 0 aromatic heterocycles. The summed E-state index contributed by atoms with van der Waals surface area (Å²) < 4.78 is 5.48. The lowest BCUT2D eigenvalue weighted by Gasteiger charge is -2.42. The van der Waals surface area contributed by atoms with Crippen molar-refractivity contribution in [1.29, 1.82) is 0 Å². The van der Waals surface area contributed by atoms with Crippen LogP contribution in [0.2, 0.25) is 0 Å². The summed E-state index contributed by atoms with van der Waals surface area (Å²) in [5.41, 5.74) is 11.9. The predicted molar refractivity (Wildman–Crippen MR) is 94.7 cm³/mol. The molecule has 0 saturated carbocycles. The van der Waals surface area contributed by atoms with Gasteiger partial charge in [-0.05, 0) is 54.9 Å². The second-order valence-corrected chi connectivity index (χ2v) is 7.34. The highest BCUT2D eigenvalue weighted by Gasteiger charge is 2.32. The molecule has 22 heavy (non-hydrogen) atoms. The van der Waals surface area contributed by atoms with Crippen LogP contribution in [0.4, 0.5) is 5.69 Å². The Kier molecular flexibility index (Phi) is 5.18. The van der Waals surface area contributed by atoms with E-state index in [1.165, 1.54) is 28.8 Å². The largest absolute Gasteiger partial charge is 0.380 e. The van der Waals surface area contributed by atoms with Gasteiger partial charge in [-0.2, -0.15) is 0 Å². The quantitative estimate of drug-likeness (QED) is 0.899. The summed E-state index contributed by atoms with van der Waals surface area (Å²) in [6.45, 7) is 13.2. The van der Waals surface area contributed by atoms with E-state index in [-0.39, 0.29) is 17.6 Å². The average molecular weight is 304 g/mol. The van der Waals surface area contributed by atoms with E-state index >= 15 is 0 Å². The third-order valence-electron chi connectivity index (χ3n) is 5.09. The fourth-order valence-corrected chi connectivity index (χ4v) is 3.43. The standard InChI is InChI=1S/C19H32N2O/c1-7-15-10-17-18(11-16(15)14(3)20)21(12-13(2)22-6)9-8-19(17,4)5/h10-11,13-14H,7-9,12,20H2,1-6H3. The van der Waals surface area contributed by atoms with Crippen LogP contribution < -0.4 is 10.6 Å². The number of nitrogens with zero attached hydrogens (tertiary/aromatic N) is 1. The molecule has 1 aromatic rings. The Labute approximate surface area is 135 Å². The van der Waals surface area contributed by atoms with Crippen molar-refractivity contribution >= 4 is 5.69 Å². The van der Waals surface area contributed by atoms with Crippen LogP contribution in [0, 0.1) is 0 Å². The smallest absolute Gasteiger partial charge is 0.0718 e. The number of rotatable bonds is 5. The van der Waals surface area contributed by atoms with Crippen molar-refractivity contribution in [3.8, 4) is 0 Å². The number of benzene rings is 1. The Morgan fingerprint density at radius 2 is 2.00 bits per heavy atom. The van der Waals surface area contributed by atoms with E-state index < -0.39 is 0 Å². The lowest BCUT2D eigenvalue weighted by atomic mass is 9.75. The van der Waals surface area contributed by atoms with E-state index in [0.717, 1.165) is 19.5 Å². The van der Waals surface area contributed by atoms with Gasteiger partial charge in [0.05, 0.1) is 6.10 Å². The lowest BCUT2D eigenvalue weighted by molar-refractivity contribution is 0.122. The van der Waals surface area contributed by atoms with Crippen LogP contribution in [0.15, 0.2) is 12.1 Å². The van der Waals surface area contributed by atoms with E-state index in [2.05, 4.69) is 51.7 Å². The normalized spacial score (nSPS) is 19.7. The first-order chi connectivity index (χ1) is 10.3. The number of methoxy groups -OCH3 is 1. The van der Waals surface area contributed by atoms with Crippen molar-refractivity contribution in [3.63, 3.8) is 0 Å². The molecular formula is C19H32N2O. The Hall–Kier alpha value is -1.06. The minimum atomic E-state index is 0.0759. The van der Waals surface area contributed by atoms with E-state index in [0.29, 0.717) is 0 Å². The molecule has 0 spiro atoms. The van der Waals surface area contributed by atoms with Crippen molar-refractivity contribution in [1.82, 2.24) is 0 Å². The Balaban J connectivity index is 2.52. The summed E-state index contributed by atoms with van der Waals surface area (Å²) in [6.07, 6.45) is 2.45. The molecule has 124 valence electrons. The summed E-state index contributed by atoms with van der Waals surface area (Å²) in [5, 5.41) is 0. The van der Waals surface area contributed by atoms with Crippen molar-refractivity contribution in [2.75, 3.05) is 25.1 Å². The van der Waals surface area contributed by atoms with Crippen molar-refractivity contribution < 1.29 is 4.74 Å². The van der Waals surface area contributed by atoms with Gasteiger partial charge in [0, 0.05) is 31.9 Å². The molecule has 1 aliphatic heterocycles. The van der Waals surface area contributed by atoms with Crippen LogP contribution >= 0.6 is 0 Å². The average Bonchev–Trinajstić information content (AvgIpc) is 2.48. The zero-order chi connectivity index (χ0) is 16.5. The number of anilines is 1. The number of hydrogen-bond acceptors (Lipinski definition) is 3. The monoisotopic (exact) mass is 304 g/mol. The second kappa shape index (κ2) is 6.59. The summed E-state index contributed by atoms with van der Waals surface area (Å²) >= 11 is 0. The van der Waals surface area contributed by atoms with Crippen LogP contribution in [0.1, 0.15) is 63.8 Å². The molecule has 0 amide bonds. The maximum atomic E-state index is 6.22. The zero-order valence-electron chi connectivity index (χ0n) is 15.1. The minimum absolute atomic E-state index is 0.0759. The molecule has 3 heteroatoms. The van der Waals surface area contributed by atoms with Crippen LogP contribution in [-0.2, 0) is 16.6 Å². The first-order valence-electron chi connectivity index (χ1n) is 8.50. The molecule has 0 saturated heterocycles. The third-order valence-corrected chi connectivity index (χ3v) is 5.09. The molecule has 2 atom stereocenters. The molecule has 1 aromatic carbocycles. The molecule has 0 aliphatic carbocycles. The first kappa shape index (κ1) is 17.3. The molecule has 0 bridgehead atoms. The van der Waals surface area contributed by atoms with Gasteiger partial charge in [-0.1, -0.05) is 26.8 Å². The number of hydrogen-bond donors (Lipinski definition) is 1. The molecular weight excluding hydrogens is 272 g/mol.